The summed E-state index contributed by atoms with van der Waals surface area (Å²) in [6.45, 7) is 9.04. The van der Waals surface area contributed by atoms with Gasteiger partial charge in [-0.1, -0.05) is 36.2 Å². The Morgan fingerprint density at radius 2 is 1.88 bits per heavy atom. The molecule has 1 amide bonds. The molecule has 3 heterocycles. The van der Waals surface area contributed by atoms with Gasteiger partial charge in [0, 0.05) is 60.7 Å². The van der Waals surface area contributed by atoms with E-state index in [2.05, 4.69) is 29.0 Å². The number of benzene rings is 2. The first-order valence-electron chi connectivity index (χ1n) is 21.3. The summed E-state index contributed by atoms with van der Waals surface area (Å²) < 4.78 is 26.9. The number of unbranched alkanes of at least 4 members (excludes halogenated alkanes) is 2. The van der Waals surface area contributed by atoms with E-state index in [1.165, 1.54) is 6.92 Å². The zero-order chi connectivity index (χ0) is 41.2. The summed E-state index contributed by atoms with van der Waals surface area (Å²) >= 11 is 1.67. The number of nitrogens with zero attached hydrogens (tertiary/aromatic N) is 2. The number of fused-ring (bicyclic) bond motifs is 2. The Balaban J connectivity index is 1.37. The molecule has 1 saturated heterocycles. The predicted molar refractivity (Wildman–Crippen MR) is 230 cm³/mol. The number of hydrogen-bond donors (Lipinski definition) is 3. The molecule has 2 aliphatic carbocycles. The number of anilines is 1. The molecule has 2 aromatic carbocycles. The second kappa shape index (κ2) is 20.4. The second-order valence-corrected chi connectivity index (χ2v) is 17.3. The lowest BCUT2D eigenvalue weighted by atomic mass is 9.56. The first-order valence-corrected chi connectivity index (χ1v) is 22.2. The molecule has 59 heavy (non-hydrogen) atoms. The topological polar surface area (TPSA) is 141 Å². The maximum atomic E-state index is 11.8. The number of aliphatic hydroxyl groups is 2. The fraction of sp³-hybridized carbons (Fsp3) is 0.511. The number of pyridine rings is 1. The fourth-order valence-electron chi connectivity index (χ4n) is 9.25. The van der Waals surface area contributed by atoms with E-state index in [9.17, 15) is 15.0 Å². The van der Waals surface area contributed by atoms with E-state index < -0.39 is 12.1 Å². The van der Waals surface area contributed by atoms with Crippen molar-refractivity contribution in [3.63, 3.8) is 0 Å². The predicted octanol–water partition coefficient (Wildman–Crippen LogP) is 8.88. The quantitative estimate of drug-likeness (QED) is 0.0610. The summed E-state index contributed by atoms with van der Waals surface area (Å²) in [6.07, 6.45) is 12.0. The van der Waals surface area contributed by atoms with Crippen molar-refractivity contribution in [2.75, 3.05) is 31.7 Å². The lowest BCUT2D eigenvalue weighted by Crippen LogP contribution is -2.64. The Hall–Kier alpha value is -4.20. The van der Waals surface area contributed by atoms with Gasteiger partial charge in [-0.15, -0.1) is 18.3 Å². The van der Waals surface area contributed by atoms with Crippen LogP contribution in [-0.4, -0.2) is 70.6 Å². The van der Waals surface area contributed by atoms with Gasteiger partial charge < -0.3 is 39.3 Å². The third-order valence-electron chi connectivity index (χ3n) is 11.8. The molecule has 2 fully saturated rings. The highest BCUT2D eigenvalue weighted by Crippen LogP contribution is 2.63. The third-order valence-corrected chi connectivity index (χ3v) is 13.1. The van der Waals surface area contributed by atoms with E-state index >= 15 is 0 Å². The van der Waals surface area contributed by atoms with Crippen LogP contribution >= 0.6 is 11.8 Å². The van der Waals surface area contributed by atoms with Crippen LogP contribution in [-0.2, 0) is 25.7 Å². The van der Waals surface area contributed by atoms with E-state index in [-0.39, 0.29) is 54.6 Å². The monoisotopic (exact) mass is 825 g/mol. The number of aliphatic hydroxyl groups excluding tert-OH is 2. The zero-order valence-electron chi connectivity index (χ0n) is 34.4. The number of rotatable bonds is 19. The lowest BCUT2D eigenvalue weighted by Gasteiger charge is -2.58. The molecule has 7 rings (SSSR count). The van der Waals surface area contributed by atoms with Crippen molar-refractivity contribution >= 4 is 29.1 Å². The molecule has 12 heteroatoms. The average molecular weight is 826 g/mol. The van der Waals surface area contributed by atoms with E-state index in [1.807, 2.05) is 61.5 Å². The number of thioether (sulfide) groups is 1. The number of aromatic nitrogens is 1. The maximum absolute atomic E-state index is 11.8. The van der Waals surface area contributed by atoms with Crippen LogP contribution in [0.1, 0.15) is 94.0 Å². The van der Waals surface area contributed by atoms with Crippen molar-refractivity contribution in [1.82, 2.24) is 4.98 Å². The molecule has 11 nitrogen and oxygen atoms in total. The first kappa shape index (κ1) is 42.9. The van der Waals surface area contributed by atoms with Crippen molar-refractivity contribution in [2.24, 2.45) is 22.9 Å². The van der Waals surface area contributed by atoms with Gasteiger partial charge >= 0.3 is 0 Å². The van der Waals surface area contributed by atoms with E-state index in [1.54, 1.807) is 17.8 Å². The largest absolute Gasteiger partial charge is 0.487 e. The summed E-state index contributed by atoms with van der Waals surface area (Å²) in [4.78, 5) is 23.7. The molecule has 3 aromatic rings. The molecular weight excluding hydrogens is 767 g/mol. The third kappa shape index (κ3) is 10.2. The van der Waals surface area contributed by atoms with Gasteiger partial charge in [-0.25, -0.2) is 0 Å². The smallest absolute Gasteiger partial charge is 0.231 e. The molecular formula is C47H59N3O8S. The van der Waals surface area contributed by atoms with Crippen LogP contribution in [0.25, 0.3) is 0 Å². The van der Waals surface area contributed by atoms with Crippen LogP contribution in [0.2, 0.25) is 0 Å². The molecule has 0 radical (unpaired) electrons. The Kier molecular flexibility index (Phi) is 14.8. The van der Waals surface area contributed by atoms with Gasteiger partial charge in [0.15, 0.2) is 0 Å². The molecule has 1 aromatic heterocycles. The molecule has 316 valence electrons. The van der Waals surface area contributed by atoms with Crippen molar-refractivity contribution in [3.8, 4) is 11.5 Å². The van der Waals surface area contributed by atoms with Crippen LogP contribution < -0.4 is 14.8 Å². The standard InChI is InChI=1S/C47H59N3O8S/c1-4-25-56-47-43(59-37-20-17-34(18-21-37)49-32(3)53)29-41(50-58-44-16-7-10-26-54-44)39-27-33(13-5-8-23-51)38(15-6-9-24-52)45(46(39)47)40-28-36(19-22-42(40)57-47)55-30-35-14-11-12-31(2)48-35/h4,11-12,14,17-22,27-28,33,38,43-46,51-52H,1,5-10,13,15-16,23-26,29-30H2,2-3H3,(H,49,53)/t33-,38+,43-,44?,45+,46+,47+/m0/s1. The van der Waals surface area contributed by atoms with Crippen LogP contribution in [0.15, 0.2) is 95.0 Å². The SMILES string of the molecule is C=CCO[C@@]12Oc3ccc(OCc4cccc(C)n4)cc3[C@H]3[C@H](CCCCO)[C@@H](CCCCO)C=C(C(=NOC4CCCCO4)C[C@@H]1Sc1ccc(NC(C)=O)cc1)[C@H]32. The van der Waals surface area contributed by atoms with Gasteiger partial charge in [0.1, 0.15) is 18.1 Å². The van der Waals surface area contributed by atoms with Gasteiger partial charge in [0.2, 0.25) is 18.0 Å². The number of oxime groups is 1. The van der Waals surface area contributed by atoms with Gasteiger partial charge in [-0.2, -0.15) is 0 Å². The van der Waals surface area contributed by atoms with Gasteiger partial charge in [-0.3, -0.25) is 9.78 Å². The minimum absolute atomic E-state index is 0.0799. The van der Waals surface area contributed by atoms with Gasteiger partial charge in [0.25, 0.3) is 0 Å². The van der Waals surface area contributed by atoms with Gasteiger partial charge in [0.05, 0.1) is 35.8 Å². The molecule has 2 aliphatic heterocycles. The van der Waals surface area contributed by atoms with E-state index in [4.69, 9.17) is 28.9 Å². The average Bonchev–Trinajstić information content (AvgIpc) is 3.24. The summed E-state index contributed by atoms with van der Waals surface area (Å²) in [6, 6.07) is 19.9. The highest BCUT2D eigenvalue weighted by Gasteiger charge is 2.64. The number of ether oxygens (including phenoxy) is 4. The molecule has 3 N–H and O–H groups in total. The number of allylic oxidation sites excluding steroid dienone is 1. The number of aryl methyl sites for hydroxylation is 1. The molecule has 4 aliphatic rings. The molecule has 1 unspecified atom stereocenters. The highest BCUT2D eigenvalue weighted by atomic mass is 32.2. The first-order chi connectivity index (χ1) is 28.8. The minimum Gasteiger partial charge on any atom is -0.487 e. The van der Waals surface area contributed by atoms with Crippen molar-refractivity contribution in [1.29, 1.82) is 0 Å². The molecule has 0 spiro atoms. The van der Waals surface area contributed by atoms with E-state index in [0.717, 1.165) is 102 Å². The number of hydrogen-bond acceptors (Lipinski definition) is 11. The number of amides is 1. The van der Waals surface area contributed by atoms with Crippen molar-refractivity contribution in [2.45, 2.75) is 113 Å². The summed E-state index contributed by atoms with van der Waals surface area (Å²) in [5.41, 5.74) is 5.47. The zero-order valence-corrected chi connectivity index (χ0v) is 35.2. The van der Waals surface area contributed by atoms with Crippen LogP contribution in [0.5, 0.6) is 11.5 Å². The lowest BCUT2D eigenvalue weighted by molar-refractivity contribution is -0.223. The second-order valence-electron chi connectivity index (χ2n) is 16.0. The number of carbonyl (C=O) groups excluding carboxylic acids is 1. The maximum Gasteiger partial charge on any atom is 0.231 e. The van der Waals surface area contributed by atoms with Gasteiger partial charge in [-0.05, 0) is 117 Å². The van der Waals surface area contributed by atoms with E-state index in [0.29, 0.717) is 26.1 Å². The van der Waals surface area contributed by atoms with Crippen molar-refractivity contribution in [3.05, 3.63) is 102 Å². The Morgan fingerprint density at radius 3 is 2.61 bits per heavy atom. The Morgan fingerprint density at radius 1 is 1.07 bits per heavy atom. The van der Waals surface area contributed by atoms with Crippen molar-refractivity contribution < 1.29 is 38.8 Å². The normalized spacial score (nSPS) is 26.5. The minimum atomic E-state index is -1.14. The fourth-order valence-corrected chi connectivity index (χ4v) is 10.5. The molecule has 7 atom stereocenters. The molecule has 1 saturated carbocycles. The Labute approximate surface area is 352 Å². The van der Waals surface area contributed by atoms with Crippen LogP contribution in [0.3, 0.4) is 0 Å². The summed E-state index contributed by atoms with van der Waals surface area (Å²) in [5.74, 6) is 0.141. The van der Waals surface area contributed by atoms with Crippen LogP contribution in [0.4, 0.5) is 5.69 Å². The number of nitrogens with one attached hydrogen (secondary N) is 1. The Bertz CT molecular complexity index is 1950. The highest BCUT2D eigenvalue weighted by molar-refractivity contribution is 8.00. The number of carbonyl (C=O) groups is 1. The summed E-state index contributed by atoms with van der Waals surface area (Å²) in [7, 11) is 0. The van der Waals surface area contributed by atoms with Crippen LogP contribution in [0, 0.1) is 24.7 Å². The summed E-state index contributed by atoms with van der Waals surface area (Å²) in [5, 5.41) is 27.4. The molecule has 0 bridgehead atoms.